The van der Waals surface area contributed by atoms with Crippen molar-refractivity contribution in [3.05, 3.63) is 107 Å². The van der Waals surface area contributed by atoms with Crippen LogP contribution in [0.3, 0.4) is 0 Å². The summed E-state index contributed by atoms with van der Waals surface area (Å²) < 4.78 is 5.76. The maximum Gasteiger partial charge on any atom is 0.345 e. The molecule has 0 aliphatic heterocycles. The standard InChI is InChI=1S/C26H25NO2PS.2BrH/c1-21-25(31-20-27-21)17-18-29-26(28)19-30(22-11-5-2-6-12-22,23-13-7-3-8-14-23)24-15-9-4-10-16-24;;/h2-16,20H,17-19H2,1H3;2*1H/q+1;;/p-1. The van der Waals surface area contributed by atoms with E-state index in [-0.39, 0.29) is 39.9 Å². The van der Waals surface area contributed by atoms with E-state index in [0.717, 1.165) is 5.69 Å². The minimum absolute atomic E-state index is 0. The Morgan fingerprint density at radius 2 is 1.30 bits per heavy atom. The molecule has 33 heavy (non-hydrogen) atoms. The molecule has 0 spiro atoms. The lowest BCUT2D eigenvalue weighted by molar-refractivity contribution is -0.140. The van der Waals surface area contributed by atoms with Crippen LogP contribution in [0.1, 0.15) is 10.6 Å². The highest BCUT2D eigenvalue weighted by molar-refractivity contribution is 8.93. The molecule has 0 fully saturated rings. The SMILES string of the molecule is Br.Cc1ncsc1CCOC(=O)C[P+](c1ccccc1)(c1ccccc1)c1ccccc1.[Br-]. The summed E-state index contributed by atoms with van der Waals surface area (Å²) in [6.07, 6.45) is 1.04. The number of aromatic nitrogens is 1. The molecule has 0 radical (unpaired) electrons. The van der Waals surface area contributed by atoms with Crippen molar-refractivity contribution in [2.75, 3.05) is 12.8 Å². The first-order chi connectivity index (χ1) is 15.2. The number of hydrogen-bond acceptors (Lipinski definition) is 4. The van der Waals surface area contributed by atoms with Gasteiger partial charge in [0.2, 0.25) is 0 Å². The first-order valence-corrected chi connectivity index (χ1v) is 13.1. The summed E-state index contributed by atoms with van der Waals surface area (Å²) in [5, 5.41) is 3.55. The van der Waals surface area contributed by atoms with Gasteiger partial charge in [-0.05, 0) is 43.3 Å². The number of carbonyl (C=O) groups is 1. The van der Waals surface area contributed by atoms with E-state index in [1.807, 2.05) is 67.0 Å². The van der Waals surface area contributed by atoms with Gasteiger partial charge in [-0.15, -0.1) is 28.3 Å². The van der Waals surface area contributed by atoms with Gasteiger partial charge < -0.3 is 21.7 Å². The first kappa shape index (κ1) is 27.4. The fourth-order valence-corrected chi connectivity index (χ4v) is 8.56. The number of benzene rings is 3. The quantitative estimate of drug-likeness (QED) is 0.228. The zero-order valence-electron chi connectivity index (χ0n) is 18.3. The Bertz CT molecular complexity index is 1030. The highest BCUT2D eigenvalue weighted by atomic mass is 79.9. The molecule has 7 heteroatoms. The molecular formula is C26H26Br2NO2PS. The second-order valence-corrected chi connectivity index (χ2v) is 11.7. The molecule has 0 atom stereocenters. The Hall–Kier alpha value is -1.85. The van der Waals surface area contributed by atoms with E-state index in [0.29, 0.717) is 19.2 Å². The van der Waals surface area contributed by atoms with Gasteiger partial charge in [0.15, 0.2) is 6.16 Å². The van der Waals surface area contributed by atoms with Crippen LogP contribution in [0.25, 0.3) is 0 Å². The maximum atomic E-state index is 13.2. The largest absolute Gasteiger partial charge is 1.00 e. The van der Waals surface area contributed by atoms with Crippen LogP contribution in [0.2, 0.25) is 0 Å². The lowest BCUT2D eigenvalue weighted by Gasteiger charge is -2.26. The number of ether oxygens (including phenoxy) is 1. The lowest BCUT2D eigenvalue weighted by atomic mass is 10.3. The molecule has 0 N–H and O–H groups in total. The second kappa shape index (κ2) is 13.1. The molecule has 3 aromatic carbocycles. The van der Waals surface area contributed by atoms with Gasteiger partial charge in [-0.3, -0.25) is 0 Å². The molecule has 0 aliphatic carbocycles. The van der Waals surface area contributed by atoms with Gasteiger partial charge in [-0.2, -0.15) is 0 Å². The van der Waals surface area contributed by atoms with Gasteiger partial charge >= 0.3 is 5.97 Å². The average molecular weight is 607 g/mol. The molecule has 1 aromatic heterocycles. The van der Waals surface area contributed by atoms with Crippen molar-refractivity contribution in [1.29, 1.82) is 0 Å². The minimum Gasteiger partial charge on any atom is -1.00 e. The normalized spacial score (nSPS) is 10.6. The Morgan fingerprint density at radius 1 is 0.848 bits per heavy atom. The summed E-state index contributed by atoms with van der Waals surface area (Å²) in [7, 11) is -2.20. The molecule has 0 amide bonds. The van der Waals surface area contributed by atoms with Crippen molar-refractivity contribution in [2.24, 2.45) is 0 Å². The molecule has 4 rings (SSSR count). The van der Waals surface area contributed by atoms with E-state index in [1.54, 1.807) is 11.3 Å². The molecule has 0 bridgehead atoms. The zero-order valence-corrected chi connectivity index (χ0v) is 23.3. The van der Waals surface area contributed by atoms with Gasteiger partial charge in [0.1, 0.15) is 23.2 Å². The Balaban J connectivity index is 0.00000193. The number of carbonyl (C=O) groups excluding carboxylic acids is 1. The Kier molecular flexibility index (Phi) is 10.9. The van der Waals surface area contributed by atoms with Crippen molar-refractivity contribution < 1.29 is 26.5 Å². The summed E-state index contributed by atoms with van der Waals surface area (Å²) >= 11 is 1.61. The number of halogens is 2. The van der Waals surface area contributed by atoms with Crippen LogP contribution < -0.4 is 32.9 Å². The fraction of sp³-hybridized carbons (Fsp3) is 0.154. The summed E-state index contributed by atoms with van der Waals surface area (Å²) in [6.45, 7) is 2.37. The number of esters is 1. The van der Waals surface area contributed by atoms with E-state index in [1.165, 1.54) is 20.8 Å². The van der Waals surface area contributed by atoms with Crippen LogP contribution in [0.15, 0.2) is 96.5 Å². The van der Waals surface area contributed by atoms with E-state index in [4.69, 9.17) is 4.74 Å². The van der Waals surface area contributed by atoms with Crippen molar-refractivity contribution in [2.45, 2.75) is 13.3 Å². The number of hydrogen-bond donors (Lipinski definition) is 0. The first-order valence-electron chi connectivity index (χ1n) is 10.3. The van der Waals surface area contributed by atoms with Crippen LogP contribution >= 0.6 is 35.6 Å². The van der Waals surface area contributed by atoms with Gasteiger partial charge in [0.25, 0.3) is 0 Å². The smallest absolute Gasteiger partial charge is 0.345 e. The van der Waals surface area contributed by atoms with Crippen LogP contribution in [0, 0.1) is 6.92 Å². The Labute approximate surface area is 221 Å². The molecule has 1 heterocycles. The predicted molar refractivity (Wildman–Crippen MR) is 142 cm³/mol. The highest BCUT2D eigenvalue weighted by Gasteiger charge is 2.47. The number of rotatable bonds is 8. The zero-order chi connectivity index (χ0) is 21.5. The van der Waals surface area contributed by atoms with Crippen molar-refractivity contribution in [1.82, 2.24) is 4.98 Å². The van der Waals surface area contributed by atoms with Gasteiger partial charge in [-0.1, -0.05) is 54.6 Å². The molecule has 0 unspecified atom stereocenters. The molecular weight excluding hydrogens is 581 g/mol. The number of nitrogens with zero attached hydrogens (tertiary/aromatic N) is 1. The van der Waals surface area contributed by atoms with Crippen molar-refractivity contribution in [3.63, 3.8) is 0 Å². The van der Waals surface area contributed by atoms with Gasteiger partial charge in [0, 0.05) is 11.3 Å². The molecule has 172 valence electrons. The molecule has 0 saturated heterocycles. The minimum atomic E-state index is -2.20. The summed E-state index contributed by atoms with van der Waals surface area (Å²) in [5.74, 6) is -0.160. The summed E-state index contributed by atoms with van der Waals surface area (Å²) in [4.78, 5) is 18.6. The molecule has 0 saturated carbocycles. The number of aryl methyl sites for hydroxylation is 1. The molecule has 3 nitrogen and oxygen atoms in total. The van der Waals surface area contributed by atoms with Crippen LogP contribution in [-0.2, 0) is 16.0 Å². The van der Waals surface area contributed by atoms with Gasteiger partial charge in [0.05, 0.1) is 17.8 Å². The Morgan fingerprint density at radius 3 is 1.70 bits per heavy atom. The number of thiazole rings is 1. The van der Waals surface area contributed by atoms with E-state index >= 15 is 0 Å². The van der Waals surface area contributed by atoms with Crippen molar-refractivity contribution in [3.8, 4) is 0 Å². The van der Waals surface area contributed by atoms with Crippen LogP contribution in [-0.4, -0.2) is 23.7 Å². The van der Waals surface area contributed by atoms with Gasteiger partial charge in [-0.25, -0.2) is 9.78 Å². The summed E-state index contributed by atoms with van der Waals surface area (Å²) in [5.41, 5.74) is 2.85. The fourth-order valence-electron chi connectivity index (χ4n) is 3.83. The maximum absolute atomic E-state index is 13.2. The highest BCUT2D eigenvalue weighted by Crippen LogP contribution is 2.55. The monoisotopic (exact) mass is 605 g/mol. The third-order valence-electron chi connectivity index (χ3n) is 5.39. The van der Waals surface area contributed by atoms with Crippen molar-refractivity contribution >= 4 is 57.5 Å². The van der Waals surface area contributed by atoms with Crippen LogP contribution in [0.4, 0.5) is 0 Å². The average Bonchev–Trinajstić information content (AvgIpc) is 3.24. The van der Waals surface area contributed by atoms with E-state index in [2.05, 4.69) is 41.4 Å². The lowest BCUT2D eigenvalue weighted by Crippen LogP contribution is -3.00. The van der Waals surface area contributed by atoms with E-state index in [9.17, 15) is 4.79 Å². The van der Waals surface area contributed by atoms with E-state index < -0.39 is 7.26 Å². The van der Waals surface area contributed by atoms with Crippen LogP contribution in [0.5, 0.6) is 0 Å². The third-order valence-corrected chi connectivity index (χ3v) is 10.7. The predicted octanol–water partition coefficient (Wildman–Crippen LogP) is 2.11. The molecule has 0 aliphatic rings. The third kappa shape index (κ3) is 6.39. The topological polar surface area (TPSA) is 39.2 Å². The second-order valence-electron chi connectivity index (χ2n) is 7.31. The summed E-state index contributed by atoms with van der Waals surface area (Å²) in [6, 6.07) is 31.2. The molecule has 4 aromatic rings.